The molecule has 0 spiro atoms. The lowest BCUT2D eigenvalue weighted by Gasteiger charge is -2.31. The molecule has 1 aliphatic heterocycles. The Bertz CT molecular complexity index is 832. The molecule has 1 aliphatic rings. The fourth-order valence-corrected chi connectivity index (χ4v) is 4.20. The molecule has 8 nitrogen and oxygen atoms in total. The first kappa shape index (κ1) is 23.6. The summed E-state index contributed by atoms with van der Waals surface area (Å²) in [5.74, 6) is 0.526. The van der Waals surface area contributed by atoms with Crippen molar-refractivity contribution < 1.29 is 28.6 Å². The molecule has 0 radical (unpaired) electrons. The van der Waals surface area contributed by atoms with Crippen molar-refractivity contribution in [2.75, 3.05) is 27.9 Å². The average Bonchev–Trinajstić information content (AvgIpc) is 2.93. The monoisotopic (exact) mass is 436 g/mol. The minimum absolute atomic E-state index is 0.0350. The SMILES string of the molecule is COc1cc(/C=C2\SC(=O)N(CC(=O)N(C(C)C)C(C)C)C2=O)cc(OC)c1OC. The van der Waals surface area contributed by atoms with Gasteiger partial charge in [-0.2, -0.15) is 0 Å². The largest absolute Gasteiger partial charge is 0.493 e. The van der Waals surface area contributed by atoms with Crippen LogP contribution < -0.4 is 14.2 Å². The molecule has 9 heteroatoms. The van der Waals surface area contributed by atoms with E-state index >= 15 is 0 Å². The molecule has 1 saturated heterocycles. The minimum Gasteiger partial charge on any atom is -0.493 e. The van der Waals surface area contributed by atoms with E-state index in [0.717, 1.165) is 16.7 Å². The predicted molar refractivity (Wildman–Crippen MR) is 116 cm³/mol. The van der Waals surface area contributed by atoms with Crippen LogP contribution in [0.15, 0.2) is 17.0 Å². The number of benzene rings is 1. The van der Waals surface area contributed by atoms with E-state index in [2.05, 4.69) is 0 Å². The van der Waals surface area contributed by atoms with Crippen LogP contribution in [-0.4, -0.2) is 66.8 Å². The highest BCUT2D eigenvalue weighted by Gasteiger charge is 2.37. The molecule has 0 atom stereocenters. The Balaban J connectivity index is 2.30. The fraction of sp³-hybridized carbons (Fsp3) is 0.476. The Labute approximate surface area is 181 Å². The summed E-state index contributed by atoms with van der Waals surface area (Å²) in [5, 5.41) is -0.473. The number of carbonyl (C=O) groups excluding carboxylic acids is 3. The summed E-state index contributed by atoms with van der Waals surface area (Å²) < 4.78 is 15.9. The van der Waals surface area contributed by atoms with E-state index in [4.69, 9.17) is 14.2 Å². The number of nitrogens with zero attached hydrogens (tertiary/aromatic N) is 2. The van der Waals surface area contributed by atoms with Crippen LogP contribution in [0.4, 0.5) is 4.79 Å². The smallest absolute Gasteiger partial charge is 0.294 e. The van der Waals surface area contributed by atoms with E-state index in [1.807, 2.05) is 27.7 Å². The van der Waals surface area contributed by atoms with Gasteiger partial charge in [0.15, 0.2) is 11.5 Å². The van der Waals surface area contributed by atoms with Crippen LogP contribution in [0.25, 0.3) is 6.08 Å². The maximum absolute atomic E-state index is 12.8. The second-order valence-corrected chi connectivity index (χ2v) is 8.21. The predicted octanol–water partition coefficient (Wildman–Crippen LogP) is 3.39. The lowest BCUT2D eigenvalue weighted by molar-refractivity contribution is -0.138. The van der Waals surface area contributed by atoms with Crippen molar-refractivity contribution in [3.8, 4) is 17.2 Å². The Kier molecular flexibility index (Phi) is 7.77. The molecule has 0 aliphatic carbocycles. The zero-order chi connectivity index (χ0) is 22.6. The molecular formula is C21H28N2O6S. The van der Waals surface area contributed by atoms with Crippen LogP contribution >= 0.6 is 11.8 Å². The van der Waals surface area contributed by atoms with Gasteiger partial charge < -0.3 is 19.1 Å². The van der Waals surface area contributed by atoms with Gasteiger partial charge in [-0.25, -0.2) is 0 Å². The molecule has 0 unspecified atom stereocenters. The maximum Gasteiger partial charge on any atom is 0.294 e. The number of amides is 3. The van der Waals surface area contributed by atoms with E-state index in [-0.39, 0.29) is 29.4 Å². The second kappa shape index (κ2) is 9.88. The highest BCUT2D eigenvalue weighted by molar-refractivity contribution is 8.18. The number of rotatable bonds is 8. The minimum atomic E-state index is -0.500. The molecule has 0 N–H and O–H groups in total. The Morgan fingerprint density at radius 2 is 1.57 bits per heavy atom. The van der Waals surface area contributed by atoms with Gasteiger partial charge in [-0.05, 0) is 63.2 Å². The third-order valence-electron chi connectivity index (χ3n) is 4.55. The first-order valence-electron chi connectivity index (χ1n) is 9.51. The lowest BCUT2D eigenvalue weighted by atomic mass is 10.1. The number of methoxy groups -OCH3 is 3. The number of hydrogen-bond acceptors (Lipinski definition) is 7. The number of thioether (sulfide) groups is 1. The van der Waals surface area contributed by atoms with Crippen LogP contribution in [0, 0.1) is 0 Å². The van der Waals surface area contributed by atoms with E-state index < -0.39 is 11.1 Å². The average molecular weight is 437 g/mol. The van der Waals surface area contributed by atoms with E-state index in [0.29, 0.717) is 22.8 Å². The molecule has 164 valence electrons. The van der Waals surface area contributed by atoms with Crippen molar-refractivity contribution in [3.05, 3.63) is 22.6 Å². The van der Waals surface area contributed by atoms with Gasteiger partial charge in [-0.1, -0.05) is 0 Å². The molecule has 2 rings (SSSR count). The molecule has 3 amide bonds. The van der Waals surface area contributed by atoms with Gasteiger partial charge in [0.2, 0.25) is 11.7 Å². The summed E-state index contributed by atoms with van der Waals surface area (Å²) in [4.78, 5) is 40.8. The van der Waals surface area contributed by atoms with Crippen molar-refractivity contribution in [2.24, 2.45) is 0 Å². The molecule has 1 aromatic rings. The second-order valence-electron chi connectivity index (χ2n) is 7.22. The summed E-state index contributed by atoms with van der Waals surface area (Å²) in [6.07, 6.45) is 1.57. The Morgan fingerprint density at radius 1 is 1.03 bits per heavy atom. The molecule has 0 saturated carbocycles. The van der Waals surface area contributed by atoms with Gasteiger partial charge >= 0.3 is 0 Å². The standard InChI is InChI=1S/C21H28N2O6S/c1-12(2)23(13(3)4)18(24)11-22-20(25)17(30-21(22)26)10-14-8-15(27-5)19(29-7)16(9-14)28-6/h8-10,12-13H,11H2,1-7H3/b17-10-. The van der Waals surface area contributed by atoms with Crippen LogP contribution in [-0.2, 0) is 9.59 Å². The fourth-order valence-electron chi connectivity index (χ4n) is 3.36. The third kappa shape index (κ3) is 4.89. The summed E-state index contributed by atoms with van der Waals surface area (Å²) in [6, 6.07) is 3.29. The van der Waals surface area contributed by atoms with Gasteiger partial charge in [0.25, 0.3) is 11.1 Å². The first-order chi connectivity index (χ1) is 14.1. The molecule has 0 bridgehead atoms. The van der Waals surface area contributed by atoms with Gasteiger partial charge in [-0.15, -0.1) is 0 Å². The van der Waals surface area contributed by atoms with Crippen molar-refractivity contribution in [3.63, 3.8) is 0 Å². The van der Waals surface area contributed by atoms with Crippen LogP contribution in [0.2, 0.25) is 0 Å². The lowest BCUT2D eigenvalue weighted by Crippen LogP contribution is -2.48. The van der Waals surface area contributed by atoms with Gasteiger partial charge in [0, 0.05) is 12.1 Å². The Morgan fingerprint density at radius 3 is 2.00 bits per heavy atom. The highest BCUT2D eigenvalue weighted by atomic mass is 32.2. The molecule has 1 fully saturated rings. The molecule has 0 aromatic heterocycles. The first-order valence-corrected chi connectivity index (χ1v) is 10.3. The molecule has 30 heavy (non-hydrogen) atoms. The van der Waals surface area contributed by atoms with Crippen molar-refractivity contribution in [1.29, 1.82) is 0 Å². The van der Waals surface area contributed by atoms with Crippen molar-refractivity contribution >= 4 is 34.9 Å². The molecule has 1 heterocycles. The van der Waals surface area contributed by atoms with E-state index in [1.54, 1.807) is 23.1 Å². The summed E-state index contributed by atoms with van der Waals surface area (Å²) in [5.41, 5.74) is 0.604. The summed E-state index contributed by atoms with van der Waals surface area (Å²) in [7, 11) is 4.49. The number of carbonyl (C=O) groups is 3. The van der Waals surface area contributed by atoms with Gasteiger partial charge in [-0.3, -0.25) is 19.3 Å². The van der Waals surface area contributed by atoms with E-state index in [9.17, 15) is 14.4 Å². The number of imide groups is 1. The normalized spacial score (nSPS) is 15.4. The third-order valence-corrected chi connectivity index (χ3v) is 5.46. The molecular weight excluding hydrogens is 408 g/mol. The topological polar surface area (TPSA) is 85.4 Å². The van der Waals surface area contributed by atoms with Crippen molar-refractivity contribution in [2.45, 2.75) is 39.8 Å². The summed E-state index contributed by atoms with van der Waals surface area (Å²) >= 11 is 0.799. The van der Waals surface area contributed by atoms with Crippen molar-refractivity contribution in [1.82, 2.24) is 9.80 Å². The quantitative estimate of drug-likeness (QED) is 0.578. The van der Waals surface area contributed by atoms with Gasteiger partial charge in [0.1, 0.15) is 6.54 Å². The number of hydrogen-bond donors (Lipinski definition) is 0. The van der Waals surface area contributed by atoms with Crippen LogP contribution in [0.3, 0.4) is 0 Å². The number of ether oxygens (including phenoxy) is 3. The van der Waals surface area contributed by atoms with Gasteiger partial charge in [0.05, 0.1) is 26.2 Å². The van der Waals surface area contributed by atoms with Crippen LogP contribution in [0.5, 0.6) is 17.2 Å². The maximum atomic E-state index is 12.8. The van der Waals surface area contributed by atoms with Crippen LogP contribution in [0.1, 0.15) is 33.3 Å². The molecule has 1 aromatic carbocycles. The zero-order valence-corrected chi connectivity index (χ0v) is 19.2. The zero-order valence-electron chi connectivity index (χ0n) is 18.3. The summed E-state index contributed by atoms with van der Waals surface area (Å²) in [6.45, 7) is 7.31. The van der Waals surface area contributed by atoms with E-state index in [1.165, 1.54) is 21.3 Å². The highest BCUT2D eigenvalue weighted by Crippen LogP contribution is 2.40. The Hall–Kier alpha value is -2.68.